The quantitative estimate of drug-likeness (QED) is 0.249. The summed E-state index contributed by atoms with van der Waals surface area (Å²) in [6, 6.07) is 23.0. The van der Waals surface area contributed by atoms with Gasteiger partial charge in [0.15, 0.2) is 0 Å². The van der Waals surface area contributed by atoms with E-state index in [-0.39, 0.29) is 36.6 Å². The van der Waals surface area contributed by atoms with Gasteiger partial charge >= 0.3 is 12.1 Å². The summed E-state index contributed by atoms with van der Waals surface area (Å²) >= 11 is 0. The molecule has 0 bridgehead atoms. The predicted molar refractivity (Wildman–Crippen MR) is 150 cm³/mol. The lowest BCUT2D eigenvalue weighted by Crippen LogP contribution is -2.42. The fourth-order valence-corrected chi connectivity index (χ4v) is 4.68. The summed E-state index contributed by atoms with van der Waals surface area (Å²) in [5.74, 6) is -2.38. The zero-order chi connectivity index (χ0) is 29.2. The van der Waals surface area contributed by atoms with Crippen LogP contribution in [-0.2, 0) is 27.4 Å². The van der Waals surface area contributed by atoms with Gasteiger partial charge in [-0.2, -0.15) is 5.06 Å². The maximum absolute atomic E-state index is 12.8. The molecule has 1 fully saturated rings. The molecular formula is C31H33N3O7. The monoisotopic (exact) mass is 559 g/mol. The van der Waals surface area contributed by atoms with E-state index in [1.807, 2.05) is 36.4 Å². The number of carboxylic acid groups (broad SMARTS) is 1. The molecule has 1 atom stereocenters. The highest BCUT2D eigenvalue weighted by molar-refractivity contribution is 5.99. The number of aliphatic carboxylic acids is 1. The zero-order valence-electron chi connectivity index (χ0n) is 22.5. The van der Waals surface area contributed by atoms with Gasteiger partial charge in [0.05, 0.1) is 5.69 Å². The number of carboxylic acids is 1. The number of rotatable bonds is 10. The van der Waals surface area contributed by atoms with Crippen molar-refractivity contribution in [2.24, 2.45) is 5.92 Å². The molecule has 0 unspecified atom stereocenters. The number of anilines is 1. The lowest BCUT2D eigenvalue weighted by molar-refractivity contribution is -0.139. The average Bonchev–Trinajstić information content (AvgIpc) is 3.00. The van der Waals surface area contributed by atoms with Crippen LogP contribution >= 0.6 is 0 Å². The van der Waals surface area contributed by atoms with Gasteiger partial charge in [-0.1, -0.05) is 66.7 Å². The number of carbonyl (C=O) groups excluding carboxylic acids is 3. The van der Waals surface area contributed by atoms with Crippen LogP contribution in [-0.4, -0.2) is 58.2 Å². The van der Waals surface area contributed by atoms with E-state index >= 15 is 0 Å². The number of ether oxygens (including phenoxy) is 1. The van der Waals surface area contributed by atoms with Crippen molar-refractivity contribution in [2.75, 3.05) is 18.2 Å². The number of hydrogen-bond donors (Lipinski definition) is 3. The molecule has 0 spiro atoms. The van der Waals surface area contributed by atoms with Crippen molar-refractivity contribution in [2.45, 2.75) is 38.3 Å². The Labute approximate surface area is 238 Å². The molecule has 0 aliphatic carbocycles. The van der Waals surface area contributed by atoms with Gasteiger partial charge in [0.25, 0.3) is 11.8 Å². The van der Waals surface area contributed by atoms with Crippen molar-refractivity contribution in [3.8, 4) is 0 Å². The molecule has 3 amide bonds. The molecule has 3 aromatic rings. The van der Waals surface area contributed by atoms with Crippen molar-refractivity contribution < 1.29 is 34.2 Å². The van der Waals surface area contributed by atoms with Gasteiger partial charge < -0.3 is 20.1 Å². The second-order valence-electron chi connectivity index (χ2n) is 9.98. The number of nitrogens with one attached hydrogen (secondary N) is 1. The maximum Gasteiger partial charge on any atom is 0.410 e. The van der Waals surface area contributed by atoms with Crippen LogP contribution in [0, 0.1) is 5.92 Å². The van der Waals surface area contributed by atoms with Crippen molar-refractivity contribution in [3.63, 3.8) is 0 Å². The molecule has 3 N–H and O–H groups in total. The van der Waals surface area contributed by atoms with Crippen molar-refractivity contribution in [3.05, 3.63) is 102 Å². The standard InChI is InChI=1S/C31H33N3O7/c35-28(19-23-14-16-33(17-15-23)31(39)41-21-24-10-5-2-6-11-24)34(40)26-13-7-12-25(20-26)29(36)32-27(30(37)38)18-22-8-3-1-4-9-22/h1-13,20,23,27,40H,14-19,21H2,(H,32,36)(H,37,38)/t27-/m0/s1. The minimum Gasteiger partial charge on any atom is -0.480 e. The van der Waals surface area contributed by atoms with Crippen LogP contribution in [0.15, 0.2) is 84.9 Å². The molecule has 1 aliphatic heterocycles. The number of carbonyl (C=O) groups is 4. The summed E-state index contributed by atoms with van der Waals surface area (Å²) in [7, 11) is 0. The Morgan fingerprint density at radius 2 is 1.54 bits per heavy atom. The van der Waals surface area contributed by atoms with Gasteiger partial charge in [-0.25, -0.2) is 9.59 Å². The van der Waals surface area contributed by atoms with E-state index in [0.717, 1.165) is 11.1 Å². The van der Waals surface area contributed by atoms with Gasteiger partial charge in [-0.15, -0.1) is 0 Å². The highest BCUT2D eigenvalue weighted by Crippen LogP contribution is 2.24. The van der Waals surface area contributed by atoms with Crippen LogP contribution in [0.5, 0.6) is 0 Å². The third-order valence-electron chi connectivity index (χ3n) is 7.02. The van der Waals surface area contributed by atoms with E-state index in [1.54, 1.807) is 29.2 Å². The molecule has 3 aromatic carbocycles. The van der Waals surface area contributed by atoms with Crippen molar-refractivity contribution >= 4 is 29.6 Å². The van der Waals surface area contributed by atoms with Crippen LogP contribution in [0.25, 0.3) is 0 Å². The Hall–Kier alpha value is -4.70. The molecule has 1 saturated heterocycles. The molecule has 4 rings (SSSR count). The number of hydrogen-bond acceptors (Lipinski definition) is 6. The van der Waals surface area contributed by atoms with Gasteiger partial charge in [-0.05, 0) is 48.1 Å². The highest BCUT2D eigenvalue weighted by atomic mass is 16.6. The second kappa shape index (κ2) is 14.1. The van der Waals surface area contributed by atoms with Crippen LogP contribution in [0.4, 0.5) is 10.5 Å². The number of benzene rings is 3. The first-order chi connectivity index (χ1) is 19.8. The van der Waals surface area contributed by atoms with Crippen LogP contribution in [0.3, 0.4) is 0 Å². The van der Waals surface area contributed by atoms with Gasteiger partial charge in [0.1, 0.15) is 12.6 Å². The first-order valence-corrected chi connectivity index (χ1v) is 13.4. The molecule has 1 aliphatic rings. The Morgan fingerprint density at radius 3 is 2.17 bits per heavy atom. The summed E-state index contributed by atoms with van der Waals surface area (Å²) in [4.78, 5) is 51.4. The largest absolute Gasteiger partial charge is 0.480 e. The van der Waals surface area contributed by atoms with E-state index in [1.165, 1.54) is 24.3 Å². The number of nitrogens with zero attached hydrogens (tertiary/aromatic N) is 2. The smallest absolute Gasteiger partial charge is 0.410 e. The van der Waals surface area contributed by atoms with Gasteiger partial charge in [0, 0.05) is 31.5 Å². The van der Waals surface area contributed by atoms with Gasteiger partial charge in [0.2, 0.25) is 0 Å². The Bertz CT molecular complexity index is 1340. The van der Waals surface area contributed by atoms with E-state index in [0.29, 0.717) is 31.0 Å². The second-order valence-corrected chi connectivity index (χ2v) is 9.98. The molecule has 0 saturated carbocycles. The summed E-state index contributed by atoms with van der Waals surface area (Å²) in [6.45, 7) is 1.08. The SMILES string of the molecule is O=C(N[C@@H](Cc1ccccc1)C(=O)O)c1cccc(N(O)C(=O)CC2CCN(C(=O)OCc3ccccc3)CC2)c1. The Balaban J connectivity index is 1.27. The highest BCUT2D eigenvalue weighted by Gasteiger charge is 2.27. The summed E-state index contributed by atoms with van der Waals surface area (Å²) in [5, 5.41) is 23.2. The molecule has 10 nitrogen and oxygen atoms in total. The van der Waals surface area contributed by atoms with E-state index < -0.39 is 29.9 Å². The molecule has 214 valence electrons. The lowest BCUT2D eigenvalue weighted by Gasteiger charge is -2.31. The lowest BCUT2D eigenvalue weighted by atomic mass is 9.93. The van der Waals surface area contributed by atoms with Crippen LogP contribution in [0.1, 0.15) is 40.7 Å². The zero-order valence-corrected chi connectivity index (χ0v) is 22.5. The minimum absolute atomic E-state index is 0.0314. The minimum atomic E-state index is -1.17. The molecule has 0 aromatic heterocycles. The number of piperidine rings is 1. The number of likely N-dealkylation sites (tertiary alicyclic amines) is 1. The maximum atomic E-state index is 12.8. The third kappa shape index (κ3) is 8.39. The average molecular weight is 560 g/mol. The van der Waals surface area contributed by atoms with Crippen LogP contribution in [0.2, 0.25) is 0 Å². The molecule has 10 heteroatoms. The fourth-order valence-electron chi connectivity index (χ4n) is 4.68. The first-order valence-electron chi connectivity index (χ1n) is 13.4. The van der Waals surface area contributed by atoms with Crippen molar-refractivity contribution in [1.29, 1.82) is 0 Å². The Kier molecular flexibility index (Phi) is 10.1. The van der Waals surface area contributed by atoms with E-state index in [2.05, 4.69) is 5.32 Å². The van der Waals surface area contributed by atoms with E-state index in [9.17, 15) is 29.5 Å². The summed E-state index contributed by atoms with van der Waals surface area (Å²) < 4.78 is 5.38. The van der Waals surface area contributed by atoms with Gasteiger partial charge in [-0.3, -0.25) is 14.8 Å². The topological polar surface area (TPSA) is 136 Å². The molecule has 0 radical (unpaired) electrons. The summed E-state index contributed by atoms with van der Waals surface area (Å²) in [5.41, 5.74) is 1.87. The van der Waals surface area contributed by atoms with Crippen LogP contribution < -0.4 is 10.4 Å². The summed E-state index contributed by atoms with van der Waals surface area (Å²) in [6.07, 6.45) is 0.945. The molecule has 41 heavy (non-hydrogen) atoms. The Morgan fingerprint density at radius 1 is 0.902 bits per heavy atom. The fraction of sp³-hybridized carbons (Fsp3) is 0.290. The molecule has 1 heterocycles. The molecular weight excluding hydrogens is 526 g/mol. The first kappa shape index (κ1) is 29.3. The predicted octanol–water partition coefficient (Wildman–Crippen LogP) is 4.27. The van der Waals surface area contributed by atoms with E-state index in [4.69, 9.17) is 4.74 Å². The third-order valence-corrected chi connectivity index (χ3v) is 7.02. The number of hydroxylamine groups is 1. The van der Waals surface area contributed by atoms with Crippen molar-refractivity contribution in [1.82, 2.24) is 10.2 Å². The number of amides is 3. The normalized spacial score (nSPS) is 14.1.